The van der Waals surface area contributed by atoms with E-state index >= 15 is 0 Å². The maximum Gasteiger partial charge on any atom is 0.268 e. The van der Waals surface area contributed by atoms with Crippen molar-refractivity contribution < 1.29 is 9.21 Å². The Morgan fingerprint density at radius 1 is 1.68 bits per heavy atom. The van der Waals surface area contributed by atoms with Crippen molar-refractivity contribution in [2.75, 3.05) is 11.6 Å². The van der Waals surface area contributed by atoms with Gasteiger partial charge in [-0.3, -0.25) is 10.1 Å². The Labute approximate surface area is 117 Å². The number of nitriles is 1. The van der Waals surface area contributed by atoms with Crippen molar-refractivity contribution in [1.82, 2.24) is 9.36 Å². The van der Waals surface area contributed by atoms with Gasteiger partial charge in [0, 0.05) is 17.6 Å². The molecule has 0 aliphatic carbocycles. The van der Waals surface area contributed by atoms with Gasteiger partial charge in [-0.2, -0.15) is 14.6 Å². The highest BCUT2D eigenvalue weighted by atomic mass is 32.2. The maximum atomic E-state index is 11.9. The number of aromatic nitrogens is 2. The second-order valence-corrected chi connectivity index (χ2v) is 4.75. The zero-order chi connectivity index (χ0) is 13.7. The average Bonchev–Trinajstić information content (AvgIpc) is 3.06. The lowest BCUT2D eigenvalue weighted by molar-refractivity contribution is -0.112. The van der Waals surface area contributed by atoms with Gasteiger partial charge in [-0.25, -0.2) is 0 Å². The van der Waals surface area contributed by atoms with E-state index in [0.29, 0.717) is 16.0 Å². The molecule has 1 amide bonds. The number of thioether (sulfide) groups is 1. The highest BCUT2D eigenvalue weighted by molar-refractivity contribution is 7.98. The van der Waals surface area contributed by atoms with Gasteiger partial charge in [-0.1, -0.05) is 11.8 Å². The molecule has 0 unspecified atom stereocenters. The fourth-order valence-corrected chi connectivity index (χ4v) is 2.29. The topological polar surface area (TPSA) is 91.8 Å². The molecule has 0 radical (unpaired) electrons. The van der Waals surface area contributed by atoms with Crippen molar-refractivity contribution in [3.05, 3.63) is 29.7 Å². The number of carbonyl (C=O) groups excluding carboxylic acids is 1. The summed E-state index contributed by atoms with van der Waals surface area (Å²) in [6, 6.07) is 5.15. The van der Waals surface area contributed by atoms with Crippen molar-refractivity contribution in [2.45, 2.75) is 5.16 Å². The van der Waals surface area contributed by atoms with E-state index in [-0.39, 0.29) is 5.57 Å². The molecule has 0 bridgehead atoms. The predicted molar refractivity (Wildman–Crippen MR) is 72.6 cm³/mol. The third-order valence-corrected chi connectivity index (χ3v) is 3.30. The van der Waals surface area contributed by atoms with Gasteiger partial charge in [-0.05, 0) is 18.4 Å². The molecule has 0 saturated heterocycles. The second-order valence-electron chi connectivity index (χ2n) is 3.23. The lowest BCUT2D eigenvalue weighted by atomic mass is 10.2. The summed E-state index contributed by atoms with van der Waals surface area (Å²) in [6.07, 6.45) is 4.67. The summed E-state index contributed by atoms with van der Waals surface area (Å²) in [6.45, 7) is 0. The number of furan rings is 1. The molecule has 0 aromatic carbocycles. The van der Waals surface area contributed by atoms with Crippen LogP contribution in [0.5, 0.6) is 0 Å². The smallest absolute Gasteiger partial charge is 0.268 e. The third-order valence-electron chi connectivity index (χ3n) is 2.01. The Kier molecular flexibility index (Phi) is 4.33. The minimum absolute atomic E-state index is 0.0594. The molecular formula is C11H8N4O2S2. The van der Waals surface area contributed by atoms with Crippen LogP contribution in [0.4, 0.5) is 5.13 Å². The van der Waals surface area contributed by atoms with E-state index in [1.807, 2.05) is 12.3 Å². The van der Waals surface area contributed by atoms with Crippen LogP contribution >= 0.6 is 23.3 Å². The minimum atomic E-state index is -0.539. The van der Waals surface area contributed by atoms with E-state index in [1.54, 1.807) is 12.1 Å². The monoisotopic (exact) mass is 292 g/mol. The minimum Gasteiger partial charge on any atom is -0.465 e. The van der Waals surface area contributed by atoms with Crippen LogP contribution in [0.15, 0.2) is 33.5 Å². The summed E-state index contributed by atoms with van der Waals surface area (Å²) < 4.78 is 9.06. The van der Waals surface area contributed by atoms with E-state index in [1.165, 1.54) is 24.1 Å². The first-order valence-corrected chi connectivity index (χ1v) is 7.07. The number of carbonyl (C=O) groups is 1. The molecule has 96 valence electrons. The van der Waals surface area contributed by atoms with E-state index < -0.39 is 5.91 Å². The molecule has 2 heterocycles. The lowest BCUT2D eigenvalue weighted by Crippen LogP contribution is -2.13. The van der Waals surface area contributed by atoms with Crippen molar-refractivity contribution in [1.29, 1.82) is 5.26 Å². The van der Waals surface area contributed by atoms with Crippen molar-refractivity contribution in [3.8, 4) is 6.07 Å². The second kappa shape index (κ2) is 6.17. The fraction of sp³-hybridized carbons (Fsp3) is 0.0909. The number of anilines is 1. The molecule has 0 aliphatic rings. The van der Waals surface area contributed by atoms with Crippen LogP contribution in [0.3, 0.4) is 0 Å². The molecule has 6 nitrogen and oxygen atoms in total. The fourth-order valence-electron chi connectivity index (χ4n) is 1.17. The Bertz CT molecular complexity index is 640. The zero-order valence-electron chi connectivity index (χ0n) is 9.78. The largest absolute Gasteiger partial charge is 0.465 e. The summed E-state index contributed by atoms with van der Waals surface area (Å²) in [5, 5.41) is 12.4. The molecule has 0 fully saturated rings. The number of rotatable bonds is 4. The first-order chi connectivity index (χ1) is 9.22. The first-order valence-electron chi connectivity index (χ1n) is 5.07. The SMILES string of the molecule is CSc1nsc(NC(=O)/C(C#N)=C\c2ccco2)n1. The van der Waals surface area contributed by atoms with Gasteiger partial charge in [0.15, 0.2) is 0 Å². The predicted octanol–water partition coefficient (Wildman–Crippen LogP) is 2.40. The maximum absolute atomic E-state index is 11.9. The standard InChI is InChI=1S/C11H8N4O2S2/c1-18-11-14-10(19-15-11)13-9(16)7(6-12)5-8-3-2-4-17-8/h2-5H,1H3,(H,13,14,15,16)/b7-5-. The van der Waals surface area contributed by atoms with E-state index in [4.69, 9.17) is 9.68 Å². The molecule has 2 aromatic rings. The van der Waals surface area contributed by atoms with Gasteiger partial charge in [0.1, 0.15) is 17.4 Å². The lowest BCUT2D eigenvalue weighted by Gasteiger charge is -1.98. The normalized spacial score (nSPS) is 11.1. The van der Waals surface area contributed by atoms with Gasteiger partial charge in [-0.15, -0.1) is 0 Å². The molecule has 0 saturated carbocycles. The molecule has 0 spiro atoms. The molecule has 2 rings (SSSR count). The third kappa shape index (κ3) is 3.43. The van der Waals surface area contributed by atoms with Crippen LogP contribution < -0.4 is 5.32 Å². The van der Waals surface area contributed by atoms with Gasteiger partial charge >= 0.3 is 0 Å². The molecular weight excluding hydrogens is 284 g/mol. The van der Waals surface area contributed by atoms with Crippen LogP contribution in [0, 0.1) is 11.3 Å². The van der Waals surface area contributed by atoms with Gasteiger partial charge in [0.05, 0.1) is 6.26 Å². The van der Waals surface area contributed by atoms with Crippen LogP contribution in [-0.2, 0) is 4.79 Å². The Balaban J connectivity index is 2.12. The van der Waals surface area contributed by atoms with E-state index in [9.17, 15) is 4.79 Å². The molecule has 0 atom stereocenters. The van der Waals surface area contributed by atoms with Gasteiger partial charge in [0.2, 0.25) is 10.3 Å². The first kappa shape index (κ1) is 13.3. The summed E-state index contributed by atoms with van der Waals surface area (Å²) in [5.41, 5.74) is -0.0594. The van der Waals surface area contributed by atoms with Crippen molar-refractivity contribution in [2.24, 2.45) is 0 Å². The van der Waals surface area contributed by atoms with E-state index in [0.717, 1.165) is 11.5 Å². The Morgan fingerprint density at radius 3 is 3.11 bits per heavy atom. The quantitative estimate of drug-likeness (QED) is 0.528. The molecule has 0 aliphatic heterocycles. The van der Waals surface area contributed by atoms with Crippen LogP contribution in [0.1, 0.15) is 5.76 Å². The molecule has 2 aromatic heterocycles. The van der Waals surface area contributed by atoms with Gasteiger partial charge in [0.25, 0.3) is 5.91 Å². The molecule has 1 N–H and O–H groups in total. The summed E-state index contributed by atoms with van der Waals surface area (Å²) in [5.74, 6) is -0.100. The summed E-state index contributed by atoms with van der Waals surface area (Å²) >= 11 is 2.44. The molecule has 8 heteroatoms. The summed E-state index contributed by atoms with van der Waals surface area (Å²) in [4.78, 5) is 15.9. The van der Waals surface area contributed by atoms with Crippen molar-refractivity contribution in [3.63, 3.8) is 0 Å². The summed E-state index contributed by atoms with van der Waals surface area (Å²) in [7, 11) is 0. The number of nitrogens with one attached hydrogen (secondary N) is 1. The van der Waals surface area contributed by atoms with Crippen LogP contribution in [0.2, 0.25) is 0 Å². The number of hydrogen-bond donors (Lipinski definition) is 1. The average molecular weight is 292 g/mol. The number of amides is 1. The van der Waals surface area contributed by atoms with E-state index in [2.05, 4.69) is 14.7 Å². The Morgan fingerprint density at radius 2 is 2.53 bits per heavy atom. The highest BCUT2D eigenvalue weighted by Crippen LogP contribution is 2.18. The zero-order valence-corrected chi connectivity index (χ0v) is 11.4. The van der Waals surface area contributed by atoms with Crippen LogP contribution in [0.25, 0.3) is 6.08 Å². The van der Waals surface area contributed by atoms with Crippen molar-refractivity contribution >= 4 is 40.4 Å². The van der Waals surface area contributed by atoms with Gasteiger partial charge < -0.3 is 4.42 Å². The Hall–Kier alpha value is -2.11. The highest BCUT2D eigenvalue weighted by Gasteiger charge is 2.13. The number of hydrogen-bond acceptors (Lipinski definition) is 7. The van der Waals surface area contributed by atoms with Crippen LogP contribution in [-0.4, -0.2) is 21.5 Å². The number of nitrogens with zero attached hydrogens (tertiary/aromatic N) is 3. The molecule has 19 heavy (non-hydrogen) atoms.